The van der Waals surface area contributed by atoms with E-state index in [1.54, 1.807) is 32.4 Å². The third-order valence-corrected chi connectivity index (χ3v) is 5.03. The van der Waals surface area contributed by atoms with Crippen molar-refractivity contribution in [1.82, 2.24) is 4.90 Å². The minimum Gasteiger partial charge on any atom is -0.503 e. The van der Waals surface area contributed by atoms with Gasteiger partial charge in [0.05, 0.1) is 25.3 Å². The average molecular weight is 395 g/mol. The van der Waals surface area contributed by atoms with E-state index < -0.39 is 17.7 Å². The number of carbonyl (C=O) groups is 2. The van der Waals surface area contributed by atoms with Crippen molar-refractivity contribution >= 4 is 11.7 Å². The number of ether oxygens (including phenoxy) is 2. The number of amides is 1. The lowest BCUT2D eigenvalue weighted by atomic mass is 9.93. The molecule has 1 heterocycles. The van der Waals surface area contributed by atoms with Crippen LogP contribution in [0.3, 0.4) is 0 Å². The van der Waals surface area contributed by atoms with E-state index in [1.165, 1.54) is 4.90 Å². The number of Topliss-reactive ketones (excluding diaryl/α,β-unsaturated/α-hetero) is 1. The van der Waals surface area contributed by atoms with E-state index in [-0.39, 0.29) is 24.3 Å². The minimum atomic E-state index is -0.670. The number of methoxy groups -OCH3 is 2. The summed E-state index contributed by atoms with van der Waals surface area (Å²) in [6.07, 6.45) is 0.739. The maximum absolute atomic E-state index is 13.1. The molecule has 6 nitrogen and oxygen atoms in total. The van der Waals surface area contributed by atoms with E-state index in [0.29, 0.717) is 24.3 Å². The number of nitrogens with zero attached hydrogens (tertiary/aromatic N) is 1. The van der Waals surface area contributed by atoms with E-state index in [4.69, 9.17) is 9.47 Å². The highest BCUT2D eigenvalue weighted by atomic mass is 16.5. The van der Waals surface area contributed by atoms with Crippen molar-refractivity contribution in [3.05, 3.63) is 77.1 Å². The van der Waals surface area contributed by atoms with Crippen molar-refractivity contribution in [3.8, 4) is 5.75 Å². The fraction of sp³-hybridized carbons (Fsp3) is 0.304. The molecule has 0 aromatic heterocycles. The maximum atomic E-state index is 13.1. The monoisotopic (exact) mass is 395 g/mol. The van der Waals surface area contributed by atoms with Gasteiger partial charge in [-0.05, 0) is 29.7 Å². The second-order valence-electron chi connectivity index (χ2n) is 6.84. The normalized spacial score (nSPS) is 16.4. The number of benzene rings is 2. The molecule has 2 aromatic carbocycles. The van der Waals surface area contributed by atoms with Gasteiger partial charge in [-0.2, -0.15) is 0 Å². The summed E-state index contributed by atoms with van der Waals surface area (Å²) in [6.45, 7) is 0.557. The van der Waals surface area contributed by atoms with Gasteiger partial charge in [-0.1, -0.05) is 42.5 Å². The highest BCUT2D eigenvalue weighted by molar-refractivity contribution is 6.09. The summed E-state index contributed by atoms with van der Waals surface area (Å²) in [7, 11) is 3.10. The van der Waals surface area contributed by atoms with Gasteiger partial charge >= 0.3 is 0 Å². The molecule has 1 N–H and O–H groups in total. The maximum Gasteiger partial charge on any atom is 0.290 e. The third kappa shape index (κ3) is 4.49. The molecule has 1 unspecified atom stereocenters. The van der Waals surface area contributed by atoms with Crippen molar-refractivity contribution in [2.45, 2.75) is 18.9 Å². The molecular formula is C23H25NO5. The second kappa shape index (κ2) is 9.39. The molecular weight excluding hydrogens is 370 g/mol. The Bertz CT molecular complexity index is 906. The lowest BCUT2D eigenvalue weighted by molar-refractivity contribution is -0.130. The topological polar surface area (TPSA) is 76.1 Å². The summed E-state index contributed by atoms with van der Waals surface area (Å²) in [4.78, 5) is 27.3. The number of aliphatic hydroxyl groups is 1. The molecule has 6 heteroatoms. The summed E-state index contributed by atoms with van der Waals surface area (Å²) in [5.74, 6) is -0.665. The summed E-state index contributed by atoms with van der Waals surface area (Å²) in [5.41, 5.74) is 1.87. The molecule has 29 heavy (non-hydrogen) atoms. The van der Waals surface area contributed by atoms with Crippen molar-refractivity contribution in [3.63, 3.8) is 0 Å². The summed E-state index contributed by atoms with van der Waals surface area (Å²) in [6, 6.07) is 16.2. The van der Waals surface area contributed by atoms with Crippen LogP contribution in [0.5, 0.6) is 5.75 Å². The van der Waals surface area contributed by atoms with Crippen LogP contribution in [0.2, 0.25) is 0 Å². The van der Waals surface area contributed by atoms with Crippen LogP contribution in [0.1, 0.15) is 23.6 Å². The van der Waals surface area contributed by atoms with Crippen LogP contribution >= 0.6 is 0 Å². The zero-order chi connectivity index (χ0) is 20.8. The molecule has 0 aliphatic carbocycles. The van der Waals surface area contributed by atoms with Gasteiger partial charge < -0.3 is 19.5 Å². The molecule has 1 atom stereocenters. The van der Waals surface area contributed by atoms with Gasteiger partial charge in [0.2, 0.25) is 0 Å². The largest absolute Gasteiger partial charge is 0.503 e. The number of aliphatic hydroxyl groups excluding tert-OH is 1. The SMILES string of the molecule is COCCN1C(=O)C(O)=C(C(=O)CCc2ccccc2)C1c1cccc(OC)c1. The Kier molecular flexibility index (Phi) is 6.67. The predicted octanol–water partition coefficient (Wildman–Crippen LogP) is 3.24. The van der Waals surface area contributed by atoms with Gasteiger partial charge in [-0.15, -0.1) is 0 Å². The van der Waals surface area contributed by atoms with E-state index in [0.717, 1.165) is 5.56 Å². The number of hydrogen-bond acceptors (Lipinski definition) is 5. The fourth-order valence-electron chi connectivity index (χ4n) is 3.55. The second-order valence-corrected chi connectivity index (χ2v) is 6.84. The van der Waals surface area contributed by atoms with E-state index >= 15 is 0 Å². The van der Waals surface area contributed by atoms with Crippen LogP contribution < -0.4 is 4.74 Å². The molecule has 0 saturated carbocycles. The van der Waals surface area contributed by atoms with E-state index in [2.05, 4.69) is 0 Å². The van der Waals surface area contributed by atoms with Crippen molar-refractivity contribution in [2.24, 2.45) is 0 Å². The number of ketones is 1. The molecule has 2 aromatic rings. The minimum absolute atomic E-state index is 0.135. The molecule has 0 bridgehead atoms. The Morgan fingerprint density at radius 1 is 1.10 bits per heavy atom. The molecule has 3 rings (SSSR count). The first-order valence-corrected chi connectivity index (χ1v) is 9.51. The molecule has 152 valence electrons. The van der Waals surface area contributed by atoms with Crippen LogP contribution in [0.4, 0.5) is 0 Å². The zero-order valence-electron chi connectivity index (χ0n) is 16.6. The third-order valence-electron chi connectivity index (χ3n) is 5.03. The van der Waals surface area contributed by atoms with Crippen LogP contribution in [-0.4, -0.2) is 49.1 Å². The predicted molar refractivity (Wildman–Crippen MR) is 109 cm³/mol. The Morgan fingerprint density at radius 3 is 2.55 bits per heavy atom. The summed E-state index contributed by atoms with van der Waals surface area (Å²) in [5, 5.41) is 10.5. The number of hydrogen-bond donors (Lipinski definition) is 1. The van der Waals surface area contributed by atoms with Crippen LogP contribution in [0.25, 0.3) is 0 Å². The van der Waals surface area contributed by atoms with E-state index in [1.807, 2.05) is 36.4 Å². The fourth-order valence-corrected chi connectivity index (χ4v) is 3.55. The lowest BCUT2D eigenvalue weighted by Crippen LogP contribution is -2.34. The molecule has 0 spiro atoms. The lowest BCUT2D eigenvalue weighted by Gasteiger charge is -2.26. The first kappa shape index (κ1) is 20.6. The quantitative estimate of drug-likeness (QED) is 0.705. The Labute approximate surface area is 170 Å². The molecule has 1 aliphatic rings. The average Bonchev–Trinajstić information content (AvgIpc) is 3.01. The summed E-state index contributed by atoms with van der Waals surface area (Å²) < 4.78 is 10.4. The number of rotatable bonds is 9. The molecule has 1 aliphatic heterocycles. The Balaban J connectivity index is 1.92. The van der Waals surface area contributed by atoms with Gasteiger partial charge in [0.1, 0.15) is 5.75 Å². The Hall–Kier alpha value is -3.12. The van der Waals surface area contributed by atoms with Gasteiger partial charge in [-0.25, -0.2) is 0 Å². The number of aryl methyl sites for hydroxylation is 1. The van der Waals surface area contributed by atoms with Crippen molar-refractivity contribution in [2.75, 3.05) is 27.4 Å². The first-order valence-electron chi connectivity index (χ1n) is 9.51. The molecule has 0 saturated heterocycles. The van der Waals surface area contributed by atoms with Gasteiger partial charge in [0.25, 0.3) is 5.91 Å². The van der Waals surface area contributed by atoms with Crippen LogP contribution in [0, 0.1) is 0 Å². The van der Waals surface area contributed by atoms with Gasteiger partial charge in [0.15, 0.2) is 11.5 Å². The summed E-state index contributed by atoms with van der Waals surface area (Å²) >= 11 is 0. The molecule has 1 amide bonds. The zero-order valence-corrected chi connectivity index (χ0v) is 16.6. The van der Waals surface area contributed by atoms with Crippen molar-refractivity contribution < 1.29 is 24.2 Å². The molecule has 0 fully saturated rings. The number of carbonyl (C=O) groups excluding carboxylic acids is 2. The van der Waals surface area contributed by atoms with Crippen LogP contribution in [0.15, 0.2) is 65.9 Å². The van der Waals surface area contributed by atoms with Crippen molar-refractivity contribution in [1.29, 1.82) is 0 Å². The highest BCUT2D eigenvalue weighted by Gasteiger charge is 2.43. The van der Waals surface area contributed by atoms with Gasteiger partial charge in [-0.3, -0.25) is 9.59 Å². The first-order chi connectivity index (χ1) is 14.1. The molecule has 0 radical (unpaired) electrons. The smallest absolute Gasteiger partial charge is 0.290 e. The van der Waals surface area contributed by atoms with Gasteiger partial charge in [0, 0.05) is 20.1 Å². The Morgan fingerprint density at radius 2 is 1.86 bits per heavy atom. The highest BCUT2D eigenvalue weighted by Crippen LogP contribution is 2.39. The van der Waals surface area contributed by atoms with Crippen LogP contribution in [-0.2, 0) is 20.7 Å². The van der Waals surface area contributed by atoms with E-state index in [9.17, 15) is 14.7 Å². The standard InChI is InChI=1S/C23H25NO5/c1-28-14-13-24-21(17-9-6-10-18(15-17)29-2)20(22(26)23(24)27)19(25)12-11-16-7-4-3-5-8-16/h3-10,15,21,26H,11-14H2,1-2H3.